The summed E-state index contributed by atoms with van der Waals surface area (Å²) in [5, 5.41) is 17.7. The minimum Gasteiger partial charge on any atom is -0.489 e. The van der Waals surface area contributed by atoms with Gasteiger partial charge in [0.05, 0.1) is 11.6 Å². The van der Waals surface area contributed by atoms with Crippen molar-refractivity contribution in [2.45, 2.75) is 13.5 Å². The van der Waals surface area contributed by atoms with Gasteiger partial charge in [0, 0.05) is 10.4 Å². The number of carboxylic acids is 1. The van der Waals surface area contributed by atoms with E-state index >= 15 is 0 Å². The lowest BCUT2D eigenvalue weighted by atomic mass is 10.2. The van der Waals surface area contributed by atoms with E-state index in [4.69, 9.17) is 15.1 Å². The van der Waals surface area contributed by atoms with E-state index in [1.54, 1.807) is 30.3 Å². The third kappa shape index (κ3) is 3.12. The van der Waals surface area contributed by atoms with Crippen molar-refractivity contribution in [3.8, 4) is 11.8 Å². The van der Waals surface area contributed by atoms with E-state index in [2.05, 4.69) is 0 Å². The summed E-state index contributed by atoms with van der Waals surface area (Å²) in [5.74, 6) is -0.327. The molecule has 0 bridgehead atoms. The summed E-state index contributed by atoms with van der Waals surface area (Å²) in [7, 11) is 0. The van der Waals surface area contributed by atoms with Crippen LogP contribution in [-0.2, 0) is 6.61 Å². The molecule has 0 amide bonds. The fourth-order valence-corrected chi connectivity index (χ4v) is 2.45. The molecule has 5 heteroatoms. The van der Waals surface area contributed by atoms with Gasteiger partial charge in [0.15, 0.2) is 0 Å². The van der Waals surface area contributed by atoms with E-state index in [0.717, 1.165) is 10.4 Å². The van der Waals surface area contributed by atoms with Crippen LogP contribution in [0.5, 0.6) is 5.75 Å². The summed E-state index contributed by atoms with van der Waals surface area (Å²) in [6.07, 6.45) is 0. The number of benzene rings is 1. The number of rotatable bonds is 4. The minimum atomic E-state index is -0.925. The second kappa shape index (κ2) is 5.55. The van der Waals surface area contributed by atoms with E-state index in [9.17, 15) is 4.79 Å². The molecule has 0 aliphatic heterocycles. The number of thiophene rings is 1. The number of nitriles is 1. The fourth-order valence-electron chi connectivity index (χ4n) is 1.59. The van der Waals surface area contributed by atoms with Crippen LogP contribution in [0, 0.1) is 18.3 Å². The Hall–Kier alpha value is -2.32. The lowest BCUT2D eigenvalue weighted by molar-refractivity contribution is 0.0702. The van der Waals surface area contributed by atoms with E-state index in [1.807, 2.05) is 13.0 Å². The lowest BCUT2D eigenvalue weighted by Gasteiger charge is -2.05. The Morgan fingerprint density at radius 3 is 2.89 bits per heavy atom. The monoisotopic (exact) mass is 273 g/mol. The van der Waals surface area contributed by atoms with E-state index in [1.165, 1.54) is 11.3 Å². The van der Waals surface area contributed by atoms with Gasteiger partial charge >= 0.3 is 5.97 Å². The van der Waals surface area contributed by atoms with E-state index in [-0.39, 0.29) is 0 Å². The van der Waals surface area contributed by atoms with Crippen molar-refractivity contribution in [1.82, 2.24) is 0 Å². The maximum Gasteiger partial charge on any atom is 0.345 e. The standard InChI is InChI=1S/C14H11NO3S/c1-9-11(6-13(19-9)14(16)17)8-18-12-4-2-3-10(5-12)7-15/h2-6H,8H2,1H3,(H,16,17). The Bertz CT molecular complexity index is 655. The van der Waals surface area contributed by atoms with Gasteiger partial charge in [-0.1, -0.05) is 6.07 Å². The summed E-state index contributed by atoms with van der Waals surface area (Å²) in [4.78, 5) is 12.1. The van der Waals surface area contributed by atoms with Crippen molar-refractivity contribution in [2.24, 2.45) is 0 Å². The van der Waals surface area contributed by atoms with Crippen molar-refractivity contribution in [3.05, 3.63) is 51.2 Å². The van der Waals surface area contributed by atoms with Crippen molar-refractivity contribution in [3.63, 3.8) is 0 Å². The number of carboxylic acid groups (broad SMARTS) is 1. The van der Waals surface area contributed by atoms with Gasteiger partial charge in [-0.25, -0.2) is 4.79 Å². The van der Waals surface area contributed by atoms with Gasteiger partial charge in [-0.3, -0.25) is 0 Å². The van der Waals surface area contributed by atoms with E-state index < -0.39 is 5.97 Å². The molecule has 0 saturated carbocycles. The first kappa shape index (κ1) is 13.1. The van der Waals surface area contributed by atoms with Crippen LogP contribution in [0.2, 0.25) is 0 Å². The molecule has 0 fully saturated rings. The zero-order valence-electron chi connectivity index (χ0n) is 10.2. The topological polar surface area (TPSA) is 70.3 Å². The predicted molar refractivity (Wildman–Crippen MR) is 71.5 cm³/mol. The molecule has 2 rings (SSSR count). The number of aromatic carboxylic acids is 1. The maximum atomic E-state index is 10.9. The van der Waals surface area contributed by atoms with Gasteiger partial charge in [-0.2, -0.15) is 5.26 Å². The molecule has 19 heavy (non-hydrogen) atoms. The van der Waals surface area contributed by atoms with Crippen LogP contribution in [0.15, 0.2) is 30.3 Å². The molecular weight excluding hydrogens is 262 g/mol. The molecule has 1 aromatic heterocycles. The molecular formula is C14H11NO3S. The number of hydrogen-bond donors (Lipinski definition) is 1. The highest BCUT2D eigenvalue weighted by Gasteiger charge is 2.11. The van der Waals surface area contributed by atoms with Crippen LogP contribution in [0.1, 0.15) is 25.7 Å². The Balaban J connectivity index is 2.10. The van der Waals surface area contributed by atoms with Gasteiger partial charge in [0.2, 0.25) is 0 Å². The molecule has 1 aromatic carbocycles. The Labute approximate surface area is 114 Å². The van der Waals surface area contributed by atoms with Crippen LogP contribution < -0.4 is 4.74 Å². The SMILES string of the molecule is Cc1sc(C(=O)O)cc1COc1cccc(C#N)c1. The molecule has 0 atom stereocenters. The largest absolute Gasteiger partial charge is 0.489 e. The van der Waals surface area contributed by atoms with Crippen LogP contribution >= 0.6 is 11.3 Å². The molecule has 0 aliphatic carbocycles. The quantitative estimate of drug-likeness (QED) is 0.928. The Morgan fingerprint density at radius 1 is 1.47 bits per heavy atom. The van der Waals surface area contributed by atoms with Crippen LogP contribution in [-0.4, -0.2) is 11.1 Å². The lowest BCUT2D eigenvalue weighted by Crippen LogP contribution is -1.96. The van der Waals surface area contributed by atoms with Gasteiger partial charge in [-0.15, -0.1) is 11.3 Å². The highest BCUT2D eigenvalue weighted by Crippen LogP contribution is 2.23. The smallest absolute Gasteiger partial charge is 0.345 e. The summed E-state index contributed by atoms with van der Waals surface area (Å²) in [6.45, 7) is 2.16. The molecule has 0 aliphatic rings. The number of nitrogens with zero attached hydrogens (tertiary/aromatic N) is 1. The Morgan fingerprint density at radius 2 is 2.26 bits per heavy atom. The minimum absolute atomic E-state index is 0.296. The molecule has 0 saturated heterocycles. The van der Waals surface area contributed by atoms with Crippen molar-refractivity contribution in [2.75, 3.05) is 0 Å². The van der Waals surface area contributed by atoms with Crippen LogP contribution in [0.25, 0.3) is 0 Å². The zero-order chi connectivity index (χ0) is 13.8. The fraction of sp³-hybridized carbons (Fsp3) is 0.143. The molecule has 0 unspecified atom stereocenters. The highest BCUT2D eigenvalue weighted by molar-refractivity contribution is 7.14. The molecule has 4 nitrogen and oxygen atoms in total. The normalized spacial score (nSPS) is 9.89. The van der Waals surface area contributed by atoms with Crippen molar-refractivity contribution in [1.29, 1.82) is 5.26 Å². The number of ether oxygens (including phenoxy) is 1. The predicted octanol–water partition coefficient (Wildman–Crippen LogP) is 3.21. The summed E-state index contributed by atoms with van der Waals surface area (Å²) in [6, 6.07) is 10.5. The number of carbonyl (C=O) groups is 1. The summed E-state index contributed by atoms with van der Waals surface area (Å²) >= 11 is 1.23. The van der Waals surface area contributed by atoms with Crippen LogP contribution in [0.3, 0.4) is 0 Å². The van der Waals surface area contributed by atoms with Gasteiger partial charge < -0.3 is 9.84 Å². The second-order valence-corrected chi connectivity index (χ2v) is 5.18. The molecule has 96 valence electrons. The Kier molecular flexibility index (Phi) is 3.83. The highest BCUT2D eigenvalue weighted by atomic mass is 32.1. The van der Waals surface area contributed by atoms with E-state index in [0.29, 0.717) is 22.8 Å². The maximum absolute atomic E-state index is 10.9. The number of hydrogen-bond acceptors (Lipinski definition) is 4. The summed E-state index contributed by atoms with van der Waals surface area (Å²) < 4.78 is 5.57. The van der Waals surface area contributed by atoms with Gasteiger partial charge in [0.1, 0.15) is 17.2 Å². The van der Waals surface area contributed by atoms with Gasteiger partial charge in [0.25, 0.3) is 0 Å². The molecule has 2 aromatic rings. The second-order valence-electron chi connectivity index (χ2n) is 3.93. The molecule has 0 spiro atoms. The van der Waals surface area contributed by atoms with Crippen LogP contribution in [0.4, 0.5) is 0 Å². The average Bonchev–Trinajstić information content (AvgIpc) is 2.78. The third-order valence-electron chi connectivity index (χ3n) is 2.59. The zero-order valence-corrected chi connectivity index (χ0v) is 11.0. The molecule has 1 N–H and O–H groups in total. The molecule has 1 heterocycles. The first-order valence-corrected chi connectivity index (χ1v) is 6.37. The van der Waals surface area contributed by atoms with Crippen molar-refractivity contribution >= 4 is 17.3 Å². The number of aryl methyl sites for hydroxylation is 1. The third-order valence-corrected chi connectivity index (χ3v) is 3.67. The van der Waals surface area contributed by atoms with Gasteiger partial charge in [-0.05, 0) is 31.2 Å². The first-order valence-electron chi connectivity index (χ1n) is 5.55. The molecule has 0 radical (unpaired) electrons. The average molecular weight is 273 g/mol. The summed E-state index contributed by atoms with van der Waals surface area (Å²) in [5.41, 5.74) is 1.38. The van der Waals surface area contributed by atoms with Crippen molar-refractivity contribution < 1.29 is 14.6 Å². The first-order chi connectivity index (χ1) is 9.10.